The Hall–Kier alpha value is -1.25. The van der Waals surface area contributed by atoms with E-state index in [4.69, 9.17) is 0 Å². The van der Waals surface area contributed by atoms with Crippen LogP contribution in [-0.4, -0.2) is 38.2 Å². The number of imide groups is 1. The van der Waals surface area contributed by atoms with Gasteiger partial charge in [0, 0.05) is 17.4 Å². The number of nitrogens with zero attached hydrogens (tertiary/aromatic N) is 1. The van der Waals surface area contributed by atoms with Crippen molar-refractivity contribution in [3.05, 3.63) is 28.7 Å². The molecular formula is C12H13BrN2O4S. The van der Waals surface area contributed by atoms with E-state index in [0.717, 1.165) is 9.37 Å². The highest BCUT2D eigenvalue weighted by Crippen LogP contribution is 2.14. The highest BCUT2D eigenvalue weighted by Gasteiger charge is 2.27. The summed E-state index contributed by atoms with van der Waals surface area (Å²) in [5.41, 5.74) is 0. The van der Waals surface area contributed by atoms with Gasteiger partial charge in [0.2, 0.25) is 21.8 Å². The average Bonchev–Trinajstić information content (AvgIpc) is 2.83. The molecular weight excluding hydrogens is 348 g/mol. The van der Waals surface area contributed by atoms with Crippen LogP contribution in [0.1, 0.15) is 12.8 Å². The summed E-state index contributed by atoms with van der Waals surface area (Å²) in [6.45, 7) is -0.0538. The van der Waals surface area contributed by atoms with Crippen molar-refractivity contribution >= 4 is 37.8 Å². The maximum Gasteiger partial charge on any atom is 0.244 e. The highest BCUT2D eigenvalue weighted by molar-refractivity contribution is 9.10. The van der Waals surface area contributed by atoms with Gasteiger partial charge in [-0.2, -0.15) is 0 Å². The molecule has 1 heterocycles. The number of nitrogens with one attached hydrogen (secondary N) is 1. The molecule has 0 atom stereocenters. The number of hydrogen-bond donors (Lipinski definition) is 1. The second-order valence-corrected chi connectivity index (χ2v) is 7.00. The number of sulfonamides is 1. The lowest BCUT2D eigenvalue weighted by Crippen LogP contribution is -2.40. The van der Waals surface area contributed by atoms with Crippen LogP contribution in [0.3, 0.4) is 0 Å². The second-order valence-electron chi connectivity index (χ2n) is 4.32. The maximum atomic E-state index is 12.0. The van der Waals surface area contributed by atoms with Crippen molar-refractivity contribution in [1.82, 2.24) is 9.62 Å². The van der Waals surface area contributed by atoms with Gasteiger partial charge in [0.1, 0.15) is 0 Å². The molecule has 0 bridgehead atoms. The molecule has 1 aromatic carbocycles. The van der Waals surface area contributed by atoms with Gasteiger partial charge in [-0.3, -0.25) is 14.5 Å². The van der Waals surface area contributed by atoms with Crippen molar-refractivity contribution in [3.8, 4) is 0 Å². The Kier molecular flexibility index (Phi) is 4.56. The lowest BCUT2D eigenvalue weighted by atomic mass is 10.4. The zero-order valence-electron chi connectivity index (χ0n) is 10.5. The summed E-state index contributed by atoms with van der Waals surface area (Å²) in [7, 11) is -3.75. The Labute approximate surface area is 125 Å². The predicted octanol–water partition coefficient (Wildman–Crippen LogP) is 0.876. The first-order valence-electron chi connectivity index (χ1n) is 5.98. The van der Waals surface area contributed by atoms with Gasteiger partial charge < -0.3 is 0 Å². The third kappa shape index (κ3) is 3.44. The maximum absolute atomic E-state index is 12.0. The number of rotatable bonds is 4. The highest BCUT2D eigenvalue weighted by atomic mass is 79.9. The van der Waals surface area contributed by atoms with E-state index < -0.39 is 22.5 Å². The molecule has 1 saturated heterocycles. The van der Waals surface area contributed by atoms with Gasteiger partial charge in [0.05, 0.1) is 11.4 Å². The molecule has 6 nitrogen and oxygen atoms in total. The van der Waals surface area contributed by atoms with Crippen LogP contribution in [0.5, 0.6) is 0 Å². The molecule has 8 heteroatoms. The van der Waals surface area contributed by atoms with Crippen LogP contribution in [0.25, 0.3) is 0 Å². The minimum absolute atomic E-state index is 0.0706. The first kappa shape index (κ1) is 15.1. The molecule has 0 saturated carbocycles. The van der Waals surface area contributed by atoms with Crippen LogP contribution in [0, 0.1) is 0 Å². The summed E-state index contributed by atoms with van der Waals surface area (Å²) in [4.78, 5) is 24.3. The third-order valence-electron chi connectivity index (χ3n) is 2.91. The minimum atomic E-state index is -3.75. The largest absolute Gasteiger partial charge is 0.281 e. The third-order valence-corrected chi connectivity index (χ3v) is 4.86. The van der Waals surface area contributed by atoms with Crippen molar-refractivity contribution in [2.45, 2.75) is 17.7 Å². The first-order valence-corrected chi connectivity index (χ1v) is 8.26. The molecule has 0 spiro atoms. The van der Waals surface area contributed by atoms with E-state index in [9.17, 15) is 18.0 Å². The van der Waals surface area contributed by atoms with Gasteiger partial charge in [0.15, 0.2) is 0 Å². The molecule has 1 N–H and O–H groups in total. The monoisotopic (exact) mass is 360 g/mol. The van der Waals surface area contributed by atoms with Crippen LogP contribution >= 0.6 is 15.9 Å². The fourth-order valence-electron chi connectivity index (χ4n) is 1.86. The van der Waals surface area contributed by atoms with Crippen molar-refractivity contribution in [2.75, 3.05) is 13.1 Å². The molecule has 108 valence electrons. The number of hydrogen-bond acceptors (Lipinski definition) is 4. The van der Waals surface area contributed by atoms with Gasteiger partial charge in [-0.15, -0.1) is 0 Å². The Morgan fingerprint density at radius 1 is 1.30 bits per heavy atom. The molecule has 1 fully saturated rings. The van der Waals surface area contributed by atoms with Gasteiger partial charge in [-0.05, 0) is 30.7 Å². The molecule has 0 aromatic heterocycles. The van der Waals surface area contributed by atoms with E-state index in [1.807, 2.05) is 0 Å². The number of likely N-dealkylation sites (tertiary alicyclic amines) is 1. The Morgan fingerprint density at radius 2 is 1.95 bits per heavy atom. The Bertz CT molecular complexity index is 627. The van der Waals surface area contributed by atoms with E-state index in [-0.39, 0.29) is 10.8 Å². The SMILES string of the molecule is O=C1CCCN1C(=O)CNS(=O)(=O)c1ccc(Br)cc1. The number of carbonyl (C=O) groups is 2. The summed E-state index contributed by atoms with van der Waals surface area (Å²) in [5, 5.41) is 0. The first-order chi connectivity index (χ1) is 9.40. The zero-order chi connectivity index (χ0) is 14.8. The Balaban J connectivity index is 2.00. The van der Waals surface area contributed by atoms with Crippen LogP contribution in [0.15, 0.2) is 33.6 Å². The summed E-state index contributed by atoms with van der Waals surface area (Å²) >= 11 is 3.21. The fraction of sp³-hybridized carbons (Fsp3) is 0.333. The molecule has 0 aliphatic carbocycles. The molecule has 1 aromatic rings. The second kappa shape index (κ2) is 6.02. The number of carbonyl (C=O) groups excluding carboxylic acids is 2. The van der Waals surface area contributed by atoms with E-state index in [1.165, 1.54) is 12.1 Å². The lowest BCUT2D eigenvalue weighted by molar-refractivity contribution is -0.141. The molecule has 0 radical (unpaired) electrons. The molecule has 0 unspecified atom stereocenters. The van der Waals surface area contributed by atoms with Crippen molar-refractivity contribution < 1.29 is 18.0 Å². The Morgan fingerprint density at radius 3 is 2.50 bits per heavy atom. The lowest BCUT2D eigenvalue weighted by Gasteiger charge is -2.14. The van der Waals surface area contributed by atoms with Gasteiger partial charge in [0.25, 0.3) is 0 Å². The van der Waals surface area contributed by atoms with Crippen molar-refractivity contribution in [2.24, 2.45) is 0 Å². The fourth-order valence-corrected chi connectivity index (χ4v) is 3.10. The molecule has 2 amide bonds. The zero-order valence-corrected chi connectivity index (χ0v) is 12.9. The molecule has 1 aliphatic heterocycles. The van der Waals surface area contributed by atoms with E-state index in [2.05, 4.69) is 20.7 Å². The smallest absolute Gasteiger partial charge is 0.244 e. The van der Waals surface area contributed by atoms with Crippen molar-refractivity contribution in [1.29, 1.82) is 0 Å². The summed E-state index contributed by atoms with van der Waals surface area (Å²) < 4.78 is 26.9. The molecule has 2 rings (SSSR count). The van der Waals surface area contributed by atoms with Gasteiger partial charge >= 0.3 is 0 Å². The van der Waals surface area contributed by atoms with Crippen LogP contribution in [0.4, 0.5) is 0 Å². The summed E-state index contributed by atoms with van der Waals surface area (Å²) in [5.74, 6) is -0.772. The summed E-state index contributed by atoms with van der Waals surface area (Å²) in [6, 6.07) is 6.05. The summed E-state index contributed by atoms with van der Waals surface area (Å²) in [6.07, 6.45) is 0.967. The average molecular weight is 361 g/mol. The van der Waals surface area contributed by atoms with Crippen LogP contribution in [0.2, 0.25) is 0 Å². The molecule has 1 aliphatic rings. The minimum Gasteiger partial charge on any atom is -0.281 e. The van der Waals surface area contributed by atoms with E-state index in [1.54, 1.807) is 12.1 Å². The topological polar surface area (TPSA) is 83.6 Å². The predicted molar refractivity (Wildman–Crippen MR) is 75.3 cm³/mol. The number of benzene rings is 1. The quantitative estimate of drug-likeness (QED) is 0.863. The van der Waals surface area contributed by atoms with E-state index >= 15 is 0 Å². The van der Waals surface area contributed by atoms with E-state index in [0.29, 0.717) is 19.4 Å². The standard InChI is InChI=1S/C12H13BrN2O4S/c13-9-3-5-10(6-4-9)20(18,19)14-8-12(17)15-7-1-2-11(15)16/h3-6,14H,1-2,7-8H2. The van der Waals surface area contributed by atoms with Gasteiger partial charge in [-0.25, -0.2) is 13.1 Å². The number of amides is 2. The van der Waals surface area contributed by atoms with Crippen LogP contribution in [-0.2, 0) is 19.6 Å². The van der Waals surface area contributed by atoms with Crippen molar-refractivity contribution in [3.63, 3.8) is 0 Å². The molecule has 20 heavy (non-hydrogen) atoms. The van der Waals surface area contributed by atoms with Crippen LogP contribution < -0.4 is 4.72 Å². The number of halogens is 1. The van der Waals surface area contributed by atoms with Gasteiger partial charge in [-0.1, -0.05) is 15.9 Å². The normalized spacial score (nSPS) is 15.7.